The lowest BCUT2D eigenvalue weighted by Crippen LogP contribution is -2.40. The minimum absolute atomic E-state index is 0.105. The largest absolute Gasteiger partial charge is 0.369 e. The lowest BCUT2D eigenvalue weighted by atomic mass is 9.97. The Balaban J connectivity index is 1.37. The minimum atomic E-state index is -0.232. The summed E-state index contributed by atoms with van der Waals surface area (Å²) in [4.78, 5) is 38.2. The van der Waals surface area contributed by atoms with Crippen LogP contribution in [-0.2, 0) is 11.3 Å². The van der Waals surface area contributed by atoms with Gasteiger partial charge < -0.3 is 11.1 Å². The number of nitrogens with zero attached hydrogens (tertiary/aromatic N) is 3. The summed E-state index contributed by atoms with van der Waals surface area (Å²) in [6.07, 6.45) is 4.10. The summed E-state index contributed by atoms with van der Waals surface area (Å²) in [6.45, 7) is 6.23. The van der Waals surface area contributed by atoms with Crippen molar-refractivity contribution in [3.8, 4) is 0 Å². The fraction of sp³-hybridized carbons (Fsp3) is 0.440. The van der Waals surface area contributed by atoms with E-state index in [9.17, 15) is 9.59 Å². The van der Waals surface area contributed by atoms with Gasteiger partial charge in [-0.15, -0.1) is 11.3 Å². The number of para-hydroxylation sites is 1. The first-order chi connectivity index (χ1) is 15.9. The summed E-state index contributed by atoms with van der Waals surface area (Å²) >= 11 is 1.44. The van der Waals surface area contributed by atoms with Gasteiger partial charge in [-0.25, -0.2) is 9.97 Å². The highest BCUT2D eigenvalue weighted by Gasteiger charge is 2.29. The van der Waals surface area contributed by atoms with Crippen molar-refractivity contribution in [2.24, 2.45) is 11.7 Å². The number of benzene rings is 1. The third-order valence-electron chi connectivity index (χ3n) is 6.70. The Hall–Kier alpha value is -2.84. The predicted molar refractivity (Wildman–Crippen MR) is 130 cm³/mol. The van der Waals surface area contributed by atoms with Crippen molar-refractivity contribution in [3.63, 3.8) is 0 Å². The molecule has 33 heavy (non-hydrogen) atoms. The van der Waals surface area contributed by atoms with E-state index in [-0.39, 0.29) is 17.7 Å². The van der Waals surface area contributed by atoms with Crippen molar-refractivity contribution in [2.75, 3.05) is 18.4 Å². The highest BCUT2D eigenvalue weighted by atomic mass is 32.1. The Morgan fingerprint density at radius 3 is 2.73 bits per heavy atom. The van der Waals surface area contributed by atoms with E-state index in [0.717, 1.165) is 70.8 Å². The zero-order valence-electron chi connectivity index (χ0n) is 19.1. The lowest BCUT2D eigenvalue weighted by Gasteiger charge is -2.31. The highest BCUT2D eigenvalue weighted by molar-refractivity contribution is 7.20. The van der Waals surface area contributed by atoms with Crippen LogP contribution in [0.2, 0.25) is 0 Å². The summed E-state index contributed by atoms with van der Waals surface area (Å²) in [5.41, 5.74) is 9.24. The Labute approximate surface area is 197 Å². The summed E-state index contributed by atoms with van der Waals surface area (Å²) in [7, 11) is 0. The molecule has 3 heterocycles. The zero-order chi connectivity index (χ0) is 23.1. The number of aryl methyl sites for hydroxylation is 2. The number of carbonyl (C=O) groups is 2. The van der Waals surface area contributed by atoms with E-state index in [1.807, 2.05) is 38.1 Å². The number of likely N-dealkylation sites (tertiary alicyclic amines) is 1. The molecule has 2 amide bonds. The number of nitrogens with two attached hydrogens (primary N) is 1. The van der Waals surface area contributed by atoms with Gasteiger partial charge in [0.1, 0.15) is 10.7 Å². The van der Waals surface area contributed by atoms with Gasteiger partial charge in [0.2, 0.25) is 5.91 Å². The van der Waals surface area contributed by atoms with Gasteiger partial charge in [-0.3, -0.25) is 14.5 Å². The number of hydrogen-bond acceptors (Lipinski definition) is 6. The molecule has 1 aliphatic carbocycles. The van der Waals surface area contributed by atoms with E-state index in [4.69, 9.17) is 15.7 Å². The zero-order valence-corrected chi connectivity index (χ0v) is 19.9. The van der Waals surface area contributed by atoms with E-state index in [0.29, 0.717) is 23.9 Å². The highest BCUT2D eigenvalue weighted by Crippen LogP contribution is 2.40. The molecule has 8 heteroatoms. The van der Waals surface area contributed by atoms with E-state index in [1.54, 1.807) is 0 Å². The molecule has 1 atom stereocenters. The SMILES string of the molecule is Cc1nc(C2CC2)nc2sc(C(=O)Nc3ccccc3CN3CCC[C@@H](C(N)=O)C3)c(C)c12. The minimum Gasteiger partial charge on any atom is -0.369 e. The molecular weight excluding hydrogens is 434 g/mol. The van der Waals surface area contributed by atoms with Crippen LogP contribution in [-0.4, -0.2) is 39.8 Å². The van der Waals surface area contributed by atoms with E-state index in [2.05, 4.69) is 10.2 Å². The molecule has 3 N–H and O–H groups in total. The molecule has 1 saturated carbocycles. The number of rotatable bonds is 6. The van der Waals surface area contributed by atoms with Gasteiger partial charge in [0, 0.05) is 30.1 Å². The summed E-state index contributed by atoms with van der Waals surface area (Å²) in [5.74, 6) is 0.929. The Morgan fingerprint density at radius 2 is 1.97 bits per heavy atom. The Morgan fingerprint density at radius 1 is 1.18 bits per heavy atom. The predicted octanol–water partition coefficient (Wildman–Crippen LogP) is 4.14. The number of fused-ring (bicyclic) bond motifs is 1. The average Bonchev–Trinajstić information content (AvgIpc) is 3.58. The van der Waals surface area contributed by atoms with Gasteiger partial charge in [0.05, 0.1) is 16.5 Å². The monoisotopic (exact) mass is 463 g/mol. The number of thiophene rings is 1. The summed E-state index contributed by atoms with van der Waals surface area (Å²) < 4.78 is 0. The second-order valence-corrected chi connectivity index (χ2v) is 10.3. The number of hydrogen-bond donors (Lipinski definition) is 2. The van der Waals surface area contributed by atoms with Gasteiger partial charge >= 0.3 is 0 Å². The maximum atomic E-state index is 13.3. The Kier molecular flexibility index (Phi) is 5.88. The van der Waals surface area contributed by atoms with E-state index >= 15 is 0 Å². The van der Waals surface area contributed by atoms with Crippen molar-refractivity contribution in [2.45, 2.75) is 52.0 Å². The van der Waals surface area contributed by atoms with Crippen LogP contribution in [0.25, 0.3) is 10.2 Å². The van der Waals surface area contributed by atoms with Crippen LogP contribution in [0.3, 0.4) is 0 Å². The molecule has 1 aliphatic heterocycles. The molecular formula is C25H29N5O2S. The first-order valence-electron chi connectivity index (χ1n) is 11.6. The van der Waals surface area contributed by atoms with Gasteiger partial charge in [0.15, 0.2) is 0 Å². The normalized spacial score (nSPS) is 19.0. The molecule has 1 aromatic carbocycles. The average molecular weight is 464 g/mol. The van der Waals surface area contributed by atoms with Crippen LogP contribution in [0.4, 0.5) is 5.69 Å². The van der Waals surface area contributed by atoms with E-state index in [1.165, 1.54) is 11.3 Å². The van der Waals surface area contributed by atoms with Crippen molar-refractivity contribution in [1.29, 1.82) is 0 Å². The topological polar surface area (TPSA) is 101 Å². The molecule has 2 fully saturated rings. The number of nitrogens with one attached hydrogen (secondary N) is 1. The molecule has 172 valence electrons. The molecule has 0 radical (unpaired) electrons. The van der Waals surface area contributed by atoms with Crippen molar-refractivity contribution in [3.05, 3.63) is 51.8 Å². The smallest absolute Gasteiger partial charge is 0.266 e. The first kappa shape index (κ1) is 22.0. The first-order valence-corrected chi connectivity index (χ1v) is 12.4. The number of piperidine rings is 1. The van der Waals surface area contributed by atoms with Crippen LogP contribution < -0.4 is 11.1 Å². The maximum Gasteiger partial charge on any atom is 0.266 e. The van der Waals surface area contributed by atoms with Gasteiger partial charge in [-0.05, 0) is 63.3 Å². The van der Waals surface area contributed by atoms with Crippen molar-refractivity contribution >= 4 is 39.1 Å². The second kappa shape index (κ2) is 8.83. The molecule has 3 aromatic rings. The van der Waals surface area contributed by atoms with Crippen molar-refractivity contribution < 1.29 is 9.59 Å². The summed E-state index contributed by atoms with van der Waals surface area (Å²) in [6, 6.07) is 7.86. The Bertz CT molecular complexity index is 1230. The van der Waals surface area contributed by atoms with Crippen LogP contribution in [0, 0.1) is 19.8 Å². The fourth-order valence-electron chi connectivity index (χ4n) is 4.73. The molecule has 1 saturated heterocycles. The van der Waals surface area contributed by atoms with Gasteiger partial charge in [0.25, 0.3) is 5.91 Å². The van der Waals surface area contributed by atoms with Gasteiger partial charge in [-0.2, -0.15) is 0 Å². The quantitative estimate of drug-likeness (QED) is 0.572. The van der Waals surface area contributed by atoms with E-state index < -0.39 is 0 Å². The number of anilines is 1. The number of carbonyl (C=O) groups excluding carboxylic acids is 2. The lowest BCUT2D eigenvalue weighted by molar-refractivity contribution is -0.123. The number of amides is 2. The second-order valence-electron chi connectivity index (χ2n) is 9.27. The maximum absolute atomic E-state index is 13.3. The van der Waals surface area contributed by atoms with Gasteiger partial charge in [-0.1, -0.05) is 18.2 Å². The van der Waals surface area contributed by atoms with Crippen LogP contribution in [0.5, 0.6) is 0 Å². The molecule has 0 spiro atoms. The number of primary amides is 1. The number of aromatic nitrogens is 2. The molecule has 0 unspecified atom stereocenters. The van der Waals surface area contributed by atoms with Crippen LogP contribution >= 0.6 is 11.3 Å². The fourth-order valence-corrected chi connectivity index (χ4v) is 5.87. The van der Waals surface area contributed by atoms with Crippen molar-refractivity contribution in [1.82, 2.24) is 14.9 Å². The molecule has 2 aliphatic rings. The van der Waals surface area contributed by atoms with Crippen LogP contribution in [0.1, 0.15) is 63.9 Å². The third-order valence-corrected chi connectivity index (χ3v) is 7.89. The molecule has 7 nitrogen and oxygen atoms in total. The standard InChI is InChI=1S/C25H29N5O2S/c1-14-20-15(2)27-23(16-9-10-16)29-25(20)33-21(14)24(32)28-19-8-4-3-6-17(19)12-30-11-5-7-18(13-30)22(26)31/h3-4,6,8,16,18H,5,7,9-13H2,1-2H3,(H2,26,31)(H,28,32)/t18-/m1/s1. The van der Waals surface area contributed by atoms with Crippen LogP contribution in [0.15, 0.2) is 24.3 Å². The molecule has 0 bridgehead atoms. The summed E-state index contributed by atoms with van der Waals surface area (Å²) in [5, 5.41) is 4.12. The molecule has 5 rings (SSSR count). The third kappa shape index (κ3) is 4.50. The molecule has 2 aromatic heterocycles.